The molecule has 0 aliphatic heterocycles. The van der Waals surface area contributed by atoms with Gasteiger partial charge in [0.2, 0.25) is 0 Å². The number of benzene rings is 1. The van der Waals surface area contributed by atoms with Gasteiger partial charge >= 0.3 is 0 Å². The van der Waals surface area contributed by atoms with E-state index in [1.54, 1.807) is 0 Å². The van der Waals surface area contributed by atoms with Gasteiger partial charge in [-0.1, -0.05) is 38.5 Å². The molecular formula is C14H24N2. The SMILES string of the molecule is CCCC(CN(C)c1ccccc1)NCC. The zero-order chi connectivity index (χ0) is 11.8. The van der Waals surface area contributed by atoms with Crippen LogP contribution in [0.15, 0.2) is 30.3 Å². The van der Waals surface area contributed by atoms with Gasteiger partial charge in [-0.05, 0) is 25.1 Å². The molecule has 0 aromatic heterocycles. The lowest BCUT2D eigenvalue weighted by Crippen LogP contribution is -2.39. The molecule has 0 saturated carbocycles. The van der Waals surface area contributed by atoms with Gasteiger partial charge in [-0.2, -0.15) is 0 Å². The first-order chi connectivity index (χ1) is 7.77. The van der Waals surface area contributed by atoms with Crippen LogP contribution in [0.4, 0.5) is 5.69 Å². The lowest BCUT2D eigenvalue weighted by molar-refractivity contribution is 0.488. The molecule has 1 unspecified atom stereocenters. The van der Waals surface area contributed by atoms with Crippen LogP contribution in [0.3, 0.4) is 0 Å². The third-order valence-corrected chi connectivity index (χ3v) is 2.82. The fourth-order valence-electron chi connectivity index (χ4n) is 2.01. The predicted octanol–water partition coefficient (Wildman–Crippen LogP) is 2.90. The van der Waals surface area contributed by atoms with Crippen molar-refractivity contribution in [2.75, 3.05) is 25.0 Å². The summed E-state index contributed by atoms with van der Waals surface area (Å²) >= 11 is 0. The number of anilines is 1. The van der Waals surface area contributed by atoms with E-state index in [-0.39, 0.29) is 0 Å². The Balaban J connectivity index is 2.50. The second kappa shape index (κ2) is 7.29. The average molecular weight is 220 g/mol. The zero-order valence-corrected chi connectivity index (χ0v) is 10.7. The second-order valence-electron chi connectivity index (χ2n) is 4.26. The normalized spacial score (nSPS) is 12.4. The molecule has 16 heavy (non-hydrogen) atoms. The Morgan fingerprint density at radius 1 is 1.19 bits per heavy atom. The summed E-state index contributed by atoms with van der Waals surface area (Å²) in [5, 5.41) is 3.54. The van der Waals surface area contributed by atoms with E-state index in [1.165, 1.54) is 18.5 Å². The monoisotopic (exact) mass is 220 g/mol. The third kappa shape index (κ3) is 4.23. The smallest absolute Gasteiger partial charge is 0.0364 e. The molecule has 2 nitrogen and oxygen atoms in total. The minimum absolute atomic E-state index is 0.597. The van der Waals surface area contributed by atoms with E-state index in [4.69, 9.17) is 0 Å². The molecule has 0 bridgehead atoms. The van der Waals surface area contributed by atoms with E-state index in [0.717, 1.165) is 13.1 Å². The van der Waals surface area contributed by atoms with E-state index < -0.39 is 0 Å². The minimum atomic E-state index is 0.597. The van der Waals surface area contributed by atoms with Crippen LogP contribution in [-0.2, 0) is 0 Å². The number of nitrogens with zero attached hydrogens (tertiary/aromatic N) is 1. The second-order valence-corrected chi connectivity index (χ2v) is 4.26. The molecule has 1 aromatic rings. The summed E-state index contributed by atoms with van der Waals surface area (Å²) < 4.78 is 0. The fourth-order valence-corrected chi connectivity index (χ4v) is 2.01. The minimum Gasteiger partial charge on any atom is -0.373 e. The molecule has 0 aliphatic rings. The van der Waals surface area contributed by atoms with E-state index >= 15 is 0 Å². The van der Waals surface area contributed by atoms with E-state index in [0.29, 0.717) is 6.04 Å². The van der Waals surface area contributed by atoms with Crippen molar-refractivity contribution in [3.05, 3.63) is 30.3 Å². The summed E-state index contributed by atoms with van der Waals surface area (Å²) in [5.74, 6) is 0. The molecule has 2 heteroatoms. The molecule has 0 fully saturated rings. The van der Waals surface area contributed by atoms with Crippen molar-refractivity contribution in [2.45, 2.75) is 32.7 Å². The van der Waals surface area contributed by atoms with Crippen molar-refractivity contribution in [1.82, 2.24) is 5.32 Å². The molecule has 0 heterocycles. The molecule has 90 valence electrons. The molecule has 1 aromatic carbocycles. The van der Waals surface area contributed by atoms with Gasteiger partial charge in [0, 0.05) is 25.3 Å². The van der Waals surface area contributed by atoms with Crippen molar-refractivity contribution in [1.29, 1.82) is 0 Å². The van der Waals surface area contributed by atoms with Crippen LogP contribution in [0.25, 0.3) is 0 Å². The largest absolute Gasteiger partial charge is 0.373 e. The van der Waals surface area contributed by atoms with Crippen LogP contribution in [0.5, 0.6) is 0 Å². The summed E-state index contributed by atoms with van der Waals surface area (Å²) in [5.41, 5.74) is 1.29. The highest BCUT2D eigenvalue weighted by Crippen LogP contribution is 2.12. The van der Waals surface area contributed by atoms with Crippen LogP contribution >= 0.6 is 0 Å². The van der Waals surface area contributed by atoms with E-state index in [9.17, 15) is 0 Å². The number of nitrogens with one attached hydrogen (secondary N) is 1. The first kappa shape index (κ1) is 13.0. The van der Waals surface area contributed by atoms with Gasteiger partial charge in [-0.15, -0.1) is 0 Å². The number of para-hydroxylation sites is 1. The standard InChI is InChI=1S/C14H24N2/c1-4-9-13(15-5-2)12-16(3)14-10-7-6-8-11-14/h6-8,10-11,13,15H,4-5,9,12H2,1-3H3. The van der Waals surface area contributed by atoms with Crippen LogP contribution in [0.2, 0.25) is 0 Å². The molecule has 1 atom stereocenters. The molecule has 0 aliphatic carbocycles. The molecule has 0 amide bonds. The van der Waals surface area contributed by atoms with Gasteiger partial charge < -0.3 is 10.2 Å². The zero-order valence-electron chi connectivity index (χ0n) is 10.7. The first-order valence-corrected chi connectivity index (χ1v) is 6.27. The number of likely N-dealkylation sites (N-methyl/N-ethyl adjacent to an activating group) is 2. The van der Waals surface area contributed by atoms with Gasteiger partial charge in [-0.25, -0.2) is 0 Å². The quantitative estimate of drug-likeness (QED) is 0.760. The third-order valence-electron chi connectivity index (χ3n) is 2.82. The average Bonchev–Trinajstić information content (AvgIpc) is 2.31. The first-order valence-electron chi connectivity index (χ1n) is 6.27. The van der Waals surface area contributed by atoms with Crippen molar-refractivity contribution in [2.24, 2.45) is 0 Å². The number of hydrogen-bond donors (Lipinski definition) is 1. The number of rotatable bonds is 7. The molecule has 0 spiro atoms. The summed E-state index contributed by atoms with van der Waals surface area (Å²) in [4.78, 5) is 2.32. The Kier molecular flexibility index (Phi) is 5.94. The van der Waals surface area contributed by atoms with Crippen LogP contribution in [0, 0.1) is 0 Å². The predicted molar refractivity (Wildman–Crippen MR) is 72.1 cm³/mol. The molecule has 1 N–H and O–H groups in total. The van der Waals surface area contributed by atoms with E-state index in [2.05, 4.69) is 61.4 Å². The number of hydrogen-bond acceptors (Lipinski definition) is 2. The maximum Gasteiger partial charge on any atom is 0.0364 e. The maximum absolute atomic E-state index is 3.54. The van der Waals surface area contributed by atoms with Crippen LogP contribution in [0.1, 0.15) is 26.7 Å². The highest BCUT2D eigenvalue weighted by atomic mass is 15.1. The van der Waals surface area contributed by atoms with Crippen molar-refractivity contribution >= 4 is 5.69 Å². The molecule has 0 saturated heterocycles. The highest BCUT2D eigenvalue weighted by Gasteiger charge is 2.09. The fraction of sp³-hybridized carbons (Fsp3) is 0.571. The molecule has 1 rings (SSSR count). The van der Waals surface area contributed by atoms with Gasteiger partial charge in [0.15, 0.2) is 0 Å². The molecular weight excluding hydrogens is 196 g/mol. The van der Waals surface area contributed by atoms with E-state index in [1.807, 2.05) is 0 Å². The van der Waals surface area contributed by atoms with Gasteiger partial charge in [0.1, 0.15) is 0 Å². The Bertz CT molecular complexity index is 265. The van der Waals surface area contributed by atoms with Gasteiger partial charge in [-0.3, -0.25) is 0 Å². The van der Waals surface area contributed by atoms with Gasteiger partial charge in [0.05, 0.1) is 0 Å². The van der Waals surface area contributed by atoms with Gasteiger partial charge in [0.25, 0.3) is 0 Å². The van der Waals surface area contributed by atoms with Crippen molar-refractivity contribution in [3.63, 3.8) is 0 Å². The Morgan fingerprint density at radius 2 is 1.88 bits per heavy atom. The lowest BCUT2D eigenvalue weighted by Gasteiger charge is -2.26. The van der Waals surface area contributed by atoms with Crippen molar-refractivity contribution in [3.8, 4) is 0 Å². The lowest BCUT2D eigenvalue weighted by atomic mass is 10.1. The van der Waals surface area contributed by atoms with Crippen LogP contribution in [-0.4, -0.2) is 26.2 Å². The molecule has 0 radical (unpaired) electrons. The summed E-state index contributed by atoms with van der Waals surface area (Å²) in [6.07, 6.45) is 2.48. The Morgan fingerprint density at radius 3 is 2.44 bits per heavy atom. The summed E-state index contributed by atoms with van der Waals surface area (Å²) in [7, 11) is 2.16. The van der Waals surface area contributed by atoms with Crippen molar-refractivity contribution < 1.29 is 0 Å². The Labute approximate surface area is 99.7 Å². The highest BCUT2D eigenvalue weighted by molar-refractivity contribution is 5.45. The van der Waals surface area contributed by atoms with Crippen LogP contribution < -0.4 is 10.2 Å². The topological polar surface area (TPSA) is 15.3 Å². The summed E-state index contributed by atoms with van der Waals surface area (Å²) in [6.45, 7) is 6.54. The summed E-state index contributed by atoms with van der Waals surface area (Å²) in [6, 6.07) is 11.2. The Hall–Kier alpha value is -1.02. The maximum atomic E-state index is 3.54.